The summed E-state index contributed by atoms with van der Waals surface area (Å²) < 4.78 is 2.00. The van der Waals surface area contributed by atoms with E-state index in [0.29, 0.717) is 29.7 Å². The van der Waals surface area contributed by atoms with E-state index in [9.17, 15) is 9.59 Å². The number of anilines is 1. The molecule has 4 rings (SSSR count). The van der Waals surface area contributed by atoms with Crippen molar-refractivity contribution in [2.45, 2.75) is 32.9 Å². The monoisotopic (exact) mass is 436 g/mol. The van der Waals surface area contributed by atoms with Gasteiger partial charge in [0.05, 0.1) is 28.5 Å². The molecule has 2 aromatic carbocycles. The van der Waals surface area contributed by atoms with E-state index >= 15 is 0 Å². The molecular weight excluding hydrogens is 412 g/mol. The van der Waals surface area contributed by atoms with Crippen LogP contribution in [0.2, 0.25) is 5.02 Å². The number of hydrogen-bond donors (Lipinski definition) is 2. The second kappa shape index (κ2) is 8.47. The van der Waals surface area contributed by atoms with Crippen LogP contribution in [0.5, 0.6) is 0 Å². The quantitative estimate of drug-likeness (QED) is 0.598. The van der Waals surface area contributed by atoms with Crippen molar-refractivity contribution < 1.29 is 9.59 Å². The minimum Gasteiger partial charge on any atom is -0.365 e. The van der Waals surface area contributed by atoms with E-state index in [2.05, 4.69) is 19.2 Å². The number of hydrogen-bond acceptors (Lipinski definition) is 2. The van der Waals surface area contributed by atoms with Crippen LogP contribution in [0.3, 0.4) is 0 Å². The summed E-state index contributed by atoms with van der Waals surface area (Å²) in [5.74, 6) is -0.169. The van der Waals surface area contributed by atoms with Crippen molar-refractivity contribution in [1.29, 1.82) is 0 Å². The molecule has 1 aromatic heterocycles. The molecule has 7 heteroatoms. The number of fused-ring (bicyclic) bond motifs is 1. The Morgan fingerprint density at radius 3 is 2.32 bits per heavy atom. The van der Waals surface area contributed by atoms with Crippen LogP contribution < -0.4 is 11.1 Å². The first-order valence-corrected chi connectivity index (χ1v) is 10.7. The number of rotatable bonds is 4. The fraction of sp³-hybridized carbons (Fsp3) is 0.250. The van der Waals surface area contributed by atoms with Gasteiger partial charge in [-0.3, -0.25) is 4.79 Å². The summed E-state index contributed by atoms with van der Waals surface area (Å²) in [5, 5.41) is 3.27. The number of halogens is 1. The van der Waals surface area contributed by atoms with E-state index in [0.717, 1.165) is 16.9 Å². The van der Waals surface area contributed by atoms with Gasteiger partial charge in [0.2, 0.25) is 0 Å². The smallest absolute Gasteiger partial charge is 0.322 e. The zero-order valence-electron chi connectivity index (χ0n) is 17.6. The summed E-state index contributed by atoms with van der Waals surface area (Å²) in [5.41, 5.74) is 10.2. The minimum absolute atomic E-state index is 0.224. The molecule has 0 spiro atoms. The van der Waals surface area contributed by atoms with Crippen LogP contribution in [0.1, 0.15) is 41.4 Å². The molecule has 0 fully saturated rings. The molecule has 0 saturated carbocycles. The second-order valence-corrected chi connectivity index (χ2v) is 8.37. The lowest BCUT2D eigenvalue weighted by Gasteiger charge is -2.30. The van der Waals surface area contributed by atoms with E-state index in [1.54, 1.807) is 4.90 Å². The Morgan fingerprint density at radius 2 is 1.71 bits per heavy atom. The molecule has 0 saturated heterocycles. The molecule has 0 atom stereocenters. The van der Waals surface area contributed by atoms with E-state index < -0.39 is 5.91 Å². The topological polar surface area (TPSA) is 80.4 Å². The number of primary amides is 1. The number of nitrogens with one attached hydrogen (secondary N) is 1. The average molecular weight is 437 g/mol. The Hall–Kier alpha value is -3.25. The van der Waals surface area contributed by atoms with Crippen LogP contribution in [0, 0.1) is 0 Å². The van der Waals surface area contributed by atoms with Gasteiger partial charge in [-0.25, -0.2) is 4.79 Å². The van der Waals surface area contributed by atoms with Crippen LogP contribution in [0.25, 0.3) is 11.3 Å². The van der Waals surface area contributed by atoms with Crippen molar-refractivity contribution in [2.24, 2.45) is 5.73 Å². The number of nitrogens with two attached hydrogens (primary N) is 1. The number of carbonyl (C=O) groups excluding carboxylic acids is 2. The Morgan fingerprint density at radius 1 is 1.03 bits per heavy atom. The molecule has 1 aliphatic rings. The molecule has 0 unspecified atom stereocenters. The highest BCUT2D eigenvalue weighted by atomic mass is 35.5. The number of urea groups is 1. The van der Waals surface area contributed by atoms with Gasteiger partial charge in [0.1, 0.15) is 0 Å². The molecule has 0 aliphatic carbocycles. The first-order valence-electron chi connectivity index (χ1n) is 10.3. The third kappa shape index (κ3) is 4.03. The van der Waals surface area contributed by atoms with Gasteiger partial charge in [-0.2, -0.15) is 0 Å². The Bertz CT molecular complexity index is 1120. The number of nitrogens with zero attached hydrogens (tertiary/aromatic N) is 2. The van der Waals surface area contributed by atoms with Gasteiger partial charge in [-0.05, 0) is 29.2 Å². The summed E-state index contributed by atoms with van der Waals surface area (Å²) >= 11 is 6.61. The molecule has 3 amide bonds. The highest BCUT2D eigenvalue weighted by Gasteiger charge is 2.31. The molecule has 2 heterocycles. The largest absolute Gasteiger partial charge is 0.365 e. The summed E-state index contributed by atoms with van der Waals surface area (Å²) in [6, 6.07) is 17.3. The fourth-order valence-electron chi connectivity index (χ4n) is 3.98. The Kier molecular flexibility index (Phi) is 5.74. The van der Waals surface area contributed by atoms with Crippen LogP contribution in [-0.4, -0.2) is 28.0 Å². The zero-order valence-corrected chi connectivity index (χ0v) is 18.3. The van der Waals surface area contributed by atoms with Gasteiger partial charge in [-0.15, -0.1) is 0 Å². The van der Waals surface area contributed by atoms with Crippen molar-refractivity contribution in [2.75, 3.05) is 11.9 Å². The molecule has 31 heavy (non-hydrogen) atoms. The summed E-state index contributed by atoms with van der Waals surface area (Å²) in [6.07, 6.45) is 0. The molecule has 160 valence electrons. The Labute approximate surface area is 186 Å². The summed E-state index contributed by atoms with van der Waals surface area (Å²) in [7, 11) is 0. The molecule has 3 N–H and O–H groups in total. The van der Waals surface area contributed by atoms with Crippen molar-refractivity contribution in [3.63, 3.8) is 0 Å². The third-order valence-electron chi connectivity index (χ3n) is 5.66. The predicted octanol–water partition coefficient (Wildman–Crippen LogP) is 5.08. The highest BCUT2D eigenvalue weighted by Crippen LogP contribution is 2.37. The van der Waals surface area contributed by atoms with E-state index in [1.807, 2.05) is 59.2 Å². The van der Waals surface area contributed by atoms with Gasteiger partial charge in [0, 0.05) is 18.8 Å². The molecule has 1 aliphatic heterocycles. The van der Waals surface area contributed by atoms with Crippen molar-refractivity contribution in [3.05, 3.63) is 76.4 Å². The van der Waals surface area contributed by atoms with Crippen LogP contribution >= 0.6 is 11.6 Å². The summed E-state index contributed by atoms with van der Waals surface area (Å²) in [4.78, 5) is 26.8. The standard InChI is InChI=1S/C24H25ClN4O2/c1-15(2)16-8-10-18(11-9-16)27-24(31)28-12-13-29-19(14-28)20(23(26)30)21(25)22(29)17-6-4-3-5-7-17/h3-11,15H,12-14H2,1-2H3,(H2,26,30)(H,27,31). The predicted molar refractivity (Wildman–Crippen MR) is 123 cm³/mol. The van der Waals surface area contributed by atoms with Gasteiger partial charge in [0.15, 0.2) is 0 Å². The zero-order chi connectivity index (χ0) is 22.1. The maximum atomic E-state index is 12.9. The normalized spacial score (nSPS) is 13.2. The average Bonchev–Trinajstić information content (AvgIpc) is 3.05. The molecule has 0 bridgehead atoms. The first kappa shape index (κ1) is 21.0. The van der Waals surface area contributed by atoms with Crippen molar-refractivity contribution in [3.8, 4) is 11.3 Å². The lowest BCUT2D eigenvalue weighted by Crippen LogP contribution is -2.41. The number of aromatic nitrogens is 1. The lowest BCUT2D eigenvalue weighted by molar-refractivity contribution is 0.0997. The third-order valence-corrected chi connectivity index (χ3v) is 6.02. The van der Waals surface area contributed by atoms with Gasteiger partial charge in [-0.1, -0.05) is 67.9 Å². The van der Waals surface area contributed by atoms with E-state index in [1.165, 1.54) is 5.56 Å². The van der Waals surface area contributed by atoms with E-state index in [4.69, 9.17) is 17.3 Å². The maximum absolute atomic E-state index is 12.9. The first-order chi connectivity index (χ1) is 14.9. The molecular formula is C24H25ClN4O2. The van der Waals surface area contributed by atoms with Crippen molar-refractivity contribution >= 4 is 29.2 Å². The lowest BCUT2D eigenvalue weighted by atomic mass is 10.0. The van der Waals surface area contributed by atoms with Crippen molar-refractivity contribution in [1.82, 2.24) is 9.47 Å². The maximum Gasteiger partial charge on any atom is 0.322 e. The van der Waals surface area contributed by atoms with Gasteiger partial charge < -0.3 is 20.5 Å². The van der Waals surface area contributed by atoms with E-state index in [-0.39, 0.29) is 18.1 Å². The van der Waals surface area contributed by atoms with Crippen LogP contribution in [0.15, 0.2) is 54.6 Å². The number of carbonyl (C=O) groups is 2. The number of amides is 3. The SMILES string of the molecule is CC(C)c1ccc(NC(=O)N2CCn3c(c(C(N)=O)c(Cl)c3-c3ccccc3)C2)cc1. The van der Waals surface area contributed by atoms with Crippen LogP contribution in [-0.2, 0) is 13.1 Å². The summed E-state index contributed by atoms with van der Waals surface area (Å²) in [6.45, 7) is 5.52. The molecule has 6 nitrogen and oxygen atoms in total. The molecule has 3 aromatic rings. The molecule has 0 radical (unpaired) electrons. The number of benzene rings is 2. The second-order valence-electron chi connectivity index (χ2n) is 7.99. The minimum atomic E-state index is -0.595. The Balaban J connectivity index is 1.60. The van der Waals surface area contributed by atoms with Gasteiger partial charge in [0.25, 0.3) is 5.91 Å². The van der Waals surface area contributed by atoms with Crippen LogP contribution in [0.4, 0.5) is 10.5 Å². The van der Waals surface area contributed by atoms with Gasteiger partial charge >= 0.3 is 6.03 Å². The fourth-order valence-corrected chi connectivity index (χ4v) is 4.39. The highest BCUT2D eigenvalue weighted by molar-refractivity contribution is 6.36.